The van der Waals surface area contributed by atoms with E-state index in [2.05, 4.69) is 10.6 Å². The number of aryl methyl sites for hydroxylation is 1. The fraction of sp³-hybridized carbons (Fsp3) is 0.364. The Labute approximate surface area is 93.5 Å². The molecule has 5 heteroatoms. The quantitative estimate of drug-likeness (QED) is 0.683. The topological polar surface area (TPSA) is 61.4 Å². The summed E-state index contributed by atoms with van der Waals surface area (Å²) in [5.74, 6) is -0.354. The molecule has 0 atom stereocenters. The first-order valence-corrected chi connectivity index (χ1v) is 5.05. The summed E-state index contributed by atoms with van der Waals surface area (Å²) in [7, 11) is 0. The first-order valence-electron chi connectivity index (χ1n) is 5.05. The molecule has 0 radical (unpaired) electrons. The van der Waals surface area contributed by atoms with Crippen LogP contribution >= 0.6 is 0 Å². The Morgan fingerprint density at radius 2 is 2.25 bits per heavy atom. The van der Waals surface area contributed by atoms with Gasteiger partial charge < -0.3 is 15.7 Å². The van der Waals surface area contributed by atoms with E-state index in [1.165, 1.54) is 6.07 Å². The lowest BCUT2D eigenvalue weighted by atomic mass is 10.2. The summed E-state index contributed by atoms with van der Waals surface area (Å²) in [6.45, 7) is 2.07. The van der Waals surface area contributed by atoms with Gasteiger partial charge in [-0.2, -0.15) is 0 Å². The molecule has 4 nitrogen and oxygen atoms in total. The van der Waals surface area contributed by atoms with Gasteiger partial charge in [-0.15, -0.1) is 0 Å². The highest BCUT2D eigenvalue weighted by atomic mass is 19.1. The van der Waals surface area contributed by atoms with Crippen LogP contribution in [0.1, 0.15) is 12.0 Å². The van der Waals surface area contributed by atoms with Crippen LogP contribution in [-0.2, 0) is 0 Å². The number of aliphatic hydroxyl groups is 1. The lowest BCUT2D eigenvalue weighted by Crippen LogP contribution is -2.29. The van der Waals surface area contributed by atoms with Crippen molar-refractivity contribution in [2.75, 3.05) is 18.5 Å². The van der Waals surface area contributed by atoms with Gasteiger partial charge in [0, 0.05) is 18.8 Å². The minimum absolute atomic E-state index is 0.0272. The minimum atomic E-state index is -0.406. The molecule has 0 aliphatic heterocycles. The van der Waals surface area contributed by atoms with Gasteiger partial charge in [0.25, 0.3) is 0 Å². The van der Waals surface area contributed by atoms with E-state index in [0.29, 0.717) is 24.2 Å². The highest BCUT2D eigenvalue weighted by molar-refractivity contribution is 5.89. The number of hydrogen-bond donors (Lipinski definition) is 3. The van der Waals surface area contributed by atoms with Crippen molar-refractivity contribution < 1.29 is 14.3 Å². The van der Waals surface area contributed by atoms with Crippen molar-refractivity contribution in [2.24, 2.45) is 0 Å². The largest absolute Gasteiger partial charge is 0.396 e. The Kier molecular flexibility index (Phi) is 4.72. The molecular weight excluding hydrogens is 211 g/mol. The van der Waals surface area contributed by atoms with E-state index in [1.807, 2.05) is 0 Å². The molecule has 16 heavy (non-hydrogen) atoms. The zero-order valence-corrected chi connectivity index (χ0v) is 9.09. The van der Waals surface area contributed by atoms with Crippen molar-refractivity contribution in [2.45, 2.75) is 13.3 Å². The highest BCUT2D eigenvalue weighted by Gasteiger charge is 2.03. The number of anilines is 1. The Morgan fingerprint density at radius 3 is 2.88 bits per heavy atom. The lowest BCUT2D eigenvalue weighted by molar-refractivity contribution is 0.249. The van der Waals surface area contributed by atoms with Crippen LogP contribution in [-0.4, -0.2) is 24.3 Å². The van der Waals surface area contributed by atoms with Crippen LogP contribution in [0.5, 0.6) is 0 Å². The standard InChI is InChI=1S/C11H15FN2O2/c1-8-3-4-9(7-10(8)12)14-11(16)13-5-2-6-15/h3-4,7,15H,2,5-6H2,1H3,(H2,13,14,16). The van der Waals surface area contributed by atoms with E-state index in [4.69, 9.17) is 5.11 Å². The van der Waals surface area contributed by atoms with Gasteiger partial charge in [-0.1, -0.05) is 6.07 Å². The molecule has 88 valence electrons. The van der Waals surface area contributed by atoms with Crippen LogP contribution in [0.2, 0.25) is 0 Å². The van der Waals surface area contributed by atoms with Crippen molar-refractivity contribution in [1.29, 1.82) is 0 Å². The van der Waals surface area contributed by atoms with Crippen LogP contribution in [0, 0.1) is 12.7 Å². The normalized spacial score (nSPS) is 9.94. The number of nitrogens with one attached hydrogen (secondary N) is 2. The Balaban J connectivity index is 2.46. The van der Waals surface area contributed by atoms with Crippen molar-refractivity contribution in [3.8, 4) is 0 Å². The zero-order chi connectivity index (χ0) is 12.0. The number of carbonyl (C=O) groups is 1. The molecule has 0 spiro atoms. The van der Waals surface area contributed by atoms with E-state index < -0.39 is 6.03 Å². The Hall–Kier alpha value is -1.62. The summed E-state index contributed by atoms with van der Waals surface area (Å²) in [4.78, 5) is 11.3. The molecule has 0 aromatic heterocycles. The maximum Gasteiger partial charge on any atom is 0.319 e. The van der Waals surface area contributed by atoms with Crippen molar-refractivity contribution >= 4 is 11.7 Å². The summed E-state index contributed by atoms with van der Waals surface area (Å²) in [5.41, 5.74) is 0.941. The first-order chi connectivity index (χ1) is 7.63. The summed E-state index contributed by atoms with van der Waals surface area (Å²) < 4.78 is 13.1. The average Bonchev–Trinajstić information content (AvgIpc) is 2.24. The number of halogens is 1. The second-order valence-electron chi connectivity index (χ2n) is 3.42. The maximum absolute atomic E-state index is 13.1. The molecule has 0 unspecified atom stereocenters. The molecule has 0 aliphatic carbocycles. The van der Waals surface area contributed by atoms with Crippen molar-refractivity contribution in [3.05, 3.63) is 29.6 Å². The number of rotatable bonds is 4. The molecule has 1 aromatic carbocycles. The second-order valence-corrected chi connectivity index (χ2v) is 3.42. The molecule has 0 bridgehead atoms. The Morgan fingerprint density at radius 1 is 1.50 bits per heavy atom. The summed E-state index contributed by atoms with van der Waals surface area (Å²) in [6, 6.07) is 4.08. The van der Waals surface area contributed by atoms with Gasteiger partial charge in [-0.25, -0.2) is 9.18 Å². The Bertz CT molecular complexity index is 369. The molecule has 2 amide bonds. The molecule has 1 rings (SSSR count). The van der Waals surface area contributed by atoms with Gasteiger partial charge in [0.2, 0.25) is 0 Å². The predicted octanol–water partition coefficient (Wildman–Crippen LogP) is 1.64. The van der Waals surface area contributed by atoms with Crippen LogP contribution in [0.15, 0.2) is 18.2 Å². The van der Waals surface area contributed by atoms with Gasteiger partial charge in [-0.3, -0.25) is 0 Å². The van der Waals surface area contributed by atoms with Crippen molar-refractivity contribution in [1.82, 2.24) is 5.32 Å². The number of benzene rings is 1. The number of urea groups is 1. The van der Waals surface area contributed by atoms with Gasteiger partial charge in [0.15, 0.2) is 0 Å². The average molecular weight is 226 g/mol. The van der Waals surface area contributed by atoms with E-state index in [0.717, 1.165) is 0 Å². The summed E-state index contributed by atoms with van der Waals surface area (Å²) >= 11 is 0. The van der Waals surface area contributed by atoms with Crippen LogP contribution in [0.4, 0.5) is 14.9 Å². The van der Waals surface area contributed by atoms with E-state index in [-0.39, 0.29) is 12.4 Å². The van der Waals surface area contributed by atoms with Crippen molar-refractivity contribution in [3.63, 3.8) is 0 Å². The van der Waals surface area contributed by atoms with E-state index in [1.54, 1.807) is 19.1 Å². The molecule has 1 aromatic rings. The van der Waals surface area contributed by atoms with Gasteiger partial charge >= 0.3 is 6.03 Å². The van der Waals surface area contributed by atoms with Crippen LogP contribution < -0.4 is 10.6 Å². The second kappa shape index (κ2) is 6.07. The lowest BCUT2D eigenvalue weighted by Gasteiger charge is -2.07. The third kappa shape index (κ3) is 3.86. The maximum atomic E-state index is 13.1. The number of hydrogen-bond acceptors (Lipinski definition) is 2. The molecule has 3 N–H and O–H groups in total. The molecule has 0 heterocycles. The number of aliphatic hydroxyl groups excluding tert-OH is 1. The van der Waals surface area contributed by atoms with E-state index in [9.17, 15) is 9.18 Å². The number of amides is 2. The minimum Gasteiger partial charge on any atom is -0.396 e. The summed E-state index contributed by atoms with van der Waals surface area (Å²) in [5, 5.41) is 13.5. The van der Waals surface area contributed by atoms with Crippen LogP contribution in [0.25, 0.3) is 0 Å². The van der Waals surface area contributed by atoms with Gasteiger partial charge in [-0.05, 0) is 31.0 Å². The smallest absolute Gasteiger partial charge is 0.319 e. The third-order valence-electron chi connectivity index (χ3n) is 2.05. The third-order valence-corrected chi connectivity index (χ3v) is 2.05. The fourth-order valence-electron chi connectivity index (χ4n) is 1.13. The summed E-state index contributed by atoms with van der Waals surface area (Å²) in [6.07, 6.45) is 0.496. The van der Waals surface area contributed by atoms with Gasteiger partial charge in [0.1, 0.15) is 5.82 Å². The molecule has 0 fully saturated rings. The highest BCUT2D eigenvalue weighted by Crippen LogP contribution is 2.13. The monoisotopic (exact) mass is 226 g/mol. The fourth-order valence-corrected chi connectivity index (χ4v) is 1.13. The van der Waals surface area contributed by atoms with Gasteiger partial charge in [0.05, 0.1) is 0 Å². The molecule has 0 saturated heterocycles. The SMILES string of the molecule is Cc1ccc(NC(=O)NCCCO)cc1F. The predicted molar refractivity (Wildman–Crippen MR) is 59.9 cm³/mol. The molecule has 0 aliphatic rings. The zero-order valence-electron chi connectivity index (χ0n) is 9.09. The number of carbonyl (C=O) groups excluding carboxylic acids is 1. The molecule has 0 saturated carbocycles. The molecular formula is C11H15FN2O2. The first kappa shape index (κ1) is 12.4. The van der Waals surface area contributed by atoms with Crippen LogP contribution in [0.3, 0.4) is 0 Å². The van der Waals surface area contributed by atoms with E-state index >= 15 is 0 Å².